The van der Waals surface area contributed by atoms with Gasteiger partial charge in [0.1, 0.15) is 5.75 Å². The molecule has 0 aliphatic carbocycles. The van der Waals surface area contributed by atoms with Gasteiger partial charge in [0.15, 0.2) is 0 Å². The van der Waals surface area contributed by atoms with Crippen LogP contribution in [-0.4, -0.2) is 44.7 Å². The summed E-state index contributed by atoms with van der Waals surface area (Å²) in [4.78, 5) is 4.71. The van der Waals surface area contributed by atoms with E-state index in [-0.39, 0.29) is 0 Å². The molecular weight excluding hydrogens is 248 g/mol. The molecule has 0 amide bonds. The topological polar surface area (TPSA) is 15.7 Å². The van der Waals surface area contributed by atoms with E-state index in [0.29, 0.717) is 5.03 Å². The van der Waals surface area contributed by atoms with Gasteiger partial charge in [0, 0.05) is 43.4 Å². The molecule has 0 bridgehead atoms. The van der Waals surface area contributed by atoms with E-state index in [0.717, 1.165) is 38.5 Å². The smallest absolute Gasteiger partial charge is 0.119 e. The average Bonchev–Trinajstić information content (AvgIpc) is 2.39. The van der Waals surface area contributed by atoms with Crippen LogP contribution in [0.25, 0.3) is 0 Å². The van der Waals surface area contributed by atoms with E-state index in [1.807, 2.05) is 12.1 Å². The summed E-state index contributed by atoms with van der Waals surface area (Å²) in [5.41, 5.74) is 1.25. The molecule has 4 heteroatoms. The lowest BCUT2D eigenvalue weighted by Gasteiger charge is -2.36. The van der Waals surface area contributed by atoms with Crippen LogP contribution in [0.4, 0.5) is 5.69 Å². The number of nitrogens with zero attached hydrogens (tertiary/aromatic N) is 2. The molecule has 0 aromatic heterocycles. The monoisotopic (exact) mass is 266 g/mol. The van der Waals surface area contributed by atoms with Gasteiger partial charge in [-0.05, 0) is 24.3 Å². The van der Waals surface area contributed by atoms with Crippen LogP contribution in [0.2, 0.25) is 0 Å². The molecule has 0 unspecified atom stereocenters. The molecule has 98 valence electrons. The SMILES string of the molecule is C=C(Cl)CN1CCN(c2ccc(OC)cc2)CC1. The molecule has 0 saturated carbocycles. The first-order valence-electron chi connectivity index (χ1n) is 6.13. The molecule has 1 aliphatic heterocycles. The zero-order valence-corrected chi connectivity index (χ0v) is 11.5. The number of halogens is 1. The van der Waals surface area contributed by atoms with Crippen LogP contribution < -0.4 is 9.64 Å². The fraction of sp³-hybridized carbons (Fsp3) is 0.429. The van der Waals surface area contributed by atoms with Crippen molar-refractivity contribution in [1.82, 2.24) is 4.90 Å². The van der Waals surface area contributed by atoms with Gasteiger partial charge in [-0.2, -0.15) is 0 Å². The van der Waals surface area contributed by atoms with Gasteiger partial charge in [-0.3, -0.25) is 4.90 Å². The zero-order chi connectivity index (χ0) is 13.0. The predicted molar refractivity (Wildman–Crippen MR) is 76.6 cm³/mol. The molecule has 1 fully saturated rings. The van der Waals surface area contributed by atoms with Crippen molar-refractivity contribution >= 4 is 17.3 Å². The van der Waals surface area contributed by atoms with Gasteiger partial charge in [0.2, 0.25) is 0 Å². The van der Waals surface area contributed by atoms with E-state index in [1.54, 1.807) is 7.11 Å². The van der Waals surface area contributed by atoms with E-state index in [2.05, 4.69) is 28.5 Å². The molecule has 1 aliphatic rings. The van der Waals surface area contributed by atoms with E-state index >= 15 is 0 Å². The van der Waals surface area contributed by atoms with Gasteiger partial charge < -0.3 is 9.64 Å². The van der Waals surface area contributed by atoms with Crippen molar-refractivity contribution in [1.29, 1.82) is 0 Å². The van der Waals surface area contributed by atoms with Gasteiger partial charge in [-0.1, -0.05) is 18.2 Å². The van der Waals surface area contributed by atoms with Gasteiger partial charge in [-0.15, -0.1) is 0 Å². The van der Waals surface area contributed by atoms with Gasteiger partial charge in [0.25, 0.3) is 0 Å². The van der Waals surface area contributed by atoms with Crippen molar-refractivity contribution < 1.29 is 4.74 Å². The number of hydrogen-bond donors (Lipinski definition) is 0. The minimum atomic E-state index is 0.716. The first-order chi connectivity index (χ1) is 8.69. The van der Waals surface area contributed by atoms with Crippen molar-refractivity contribution in [2.45, 2.75) is 0 Å². The third-order valence-electron chi connectivity index (χ3n) is 3.21. The predicted octanol–water partition coefficient (Wildman–Crippen LogP) is 2.57. The van der Waals surface area contributed by atoms with Crippen molar-refractivity contribution in [2.24, 2.45) is 0 Å². The highest BCUT2D eigenvalue weighted by Gasteiger charge is 2.17. The first-order valence-corrected chi connectivity index (χ1v) is 6.51. The molecule has 18 heavy (non-hydrogen) atoms. The summed E-state index contributed by atoms with van der Waals surface area (Å²) in [7, 11) is 1.69. The molecule has 3 nitrogen and oxygen atoms in total. The van der Waals surface area contributed by atoms with Crippen LogP contribution in [0.15, 0.2) is 35.9 Å². The normalized spacial score (nSPS) is 16.7. The molecule has 1 aromatic rings. The summed E-state index contributed by atoms with van der Waals surface area (Å²) in [6.07, 6.45) is 0. The number of hydrogen-bond acceptors (Lipinski definition) is 3. The minimum Gasteiger partial charge on any atom is -0.497 e. The Bertz CT molecular complexity index is 397. The summed E-state index contributed by atoms with van der Waals surface area (Å²) in [6, 6.07) is 8.22. The Morgan fingerprint density at radius 2 is 1.83 bits per heavy atom. The van der Waals surface area contributed by atoms with E-state index in [4.69, 9.17) is 16.3 Å². The molecule has 0 spiro atoms. The number of methoxy groups -OCH3 is 1. The van der Waals surface area contributed by atoms with Crippen LogP contribution >= 0.6 is 11.6 Å². The van der Waals surface area contributed by atoms with E-state index in [9.17, 15) is 0 Å². The van der Waals surface area contributed by atoms with Crippen LogP contribution in [0.3, 0.4) is 0 Å². The maximum absolute atomic E-state index is 5.83. The lowest BCUT2D eigenvalue weighted by atomic mass is 10.2. The molecule has 0 atom stereocenters. The minimum absolute atomic E-state index is 0.716. The second kappa shape index (κ2) is 6.12. The van der Waals surface area contributed by atoms with Crippen LogP contribution in [0.5, 0.6) is 5.75 Å². The number of piperazine rings is 1. The number of ether oxygens (including phenoxy) is 1. The molecule has 0 radical (unpaired) electrons. The van der Waals surface area contributed by atoms with Crippen molar-refractivity contribution in [3.63, 3.8) is 0 Å². The standard InChI is InChI=1S/C14H19ClN2O/c1-12(15)11-16-7-9-17(10-8-16)13-3-5-14(18-2)6-4-13/h3-6H,1,7-11H2,2H3. The Labute approximate surface area is 114 Å². The lowest BCUT2D eigenvalue weighted by molar-refractivity contribution is 0.282. The fourth-order valence-electron chi connectivity index (χ4n) is 2.20. The molecule has 1 saturated heterocycles. The summed E-state index contributed by atoms with van der Waals surface area (Å²) in [5.74, 6) is 0.899. The average molecular weight is 267 g/mol. The largest absolute Gasteiger partial charge is 0.497 e. The summed E-state index contributed by atoms with van der Waals surface area (Å²) in [5, 5.41) is 0.716. The van der Waals surface area contributed by atoms with Crippen LogP contribution in [-0.2, 0) is 0 Å². The van der Waals surface area contributed by atoms with Crippen molar-refractivity contribution in [3.05, 3.63) is 35.9 Å². The molecular formula is C14H19ClN2O. The highest BCUT2D eigenvalue weighted by Crippen LogP contribution is 2.20. The number of benzene rings is 1. The number of rotatable bonds is 4. The highest BCUT2D eigenvalue weighted by atomic mass is 35.5. The molecule has 2 rings (SSSR count). The van der Waals surface area contributed by atoms with Crippen molar-refractivity contribution in [3.8, 4) is 5.75 Å². The van der Waals surface area contributed by atoms with E-state index in [1.165, 1.54) is 5.69 Å². The first kappa shape index (κ1) is 13.2. The lowest BCUT2D eigenvalue weighted by Crippen LogP contribution is -2.46. The van der Waals surface area contributed by atoms with E-state index < -0.39 is 0 Å². The maximum atomic E-state index is 5.83. The van der Waals surface area contributed by atoms with Gasteiger partial charge in [-0.25, -0.2) is 0 Å². The molecule has 1 heterocycles. The Balaban J connectivity index is 1.90. The fourth-order valence-corrected chi connectivity index (χ4v) is 2.37. The Kier molecular flexibility index (Phi) is 4.50. The Hall–Kier alpha value is -1.19. The molecule has 1 aromatic carbocycles. The second-order valence-electron chi connectivity index (χ2n) is 4.48. The summed E-state index contributed by atoms with van der Waals surface area (Å²) < 4.78 is 5.17. The highest BCUT2D eigenvalue weighted by molar-refractivity contribution is 6.29. The second-order valence-corrected chi connectivity index (χ2v) is 5.01. The van der Waals surface area contributed by atoms with Crippen LogP contribution in [0, 0.1) is 0 Å². The van der Waals surface area contributed by atoms with Gasteiger partial charge in [0.05, 0.1) is 7.11 Å². The zero-order valence-electron chi connectivity index (χ0n) is 10.7. The number of anilines is 1. The summed E-state index contributed by atoms with van der Waals surface area (Å²) in [6.45, 7) is 8.63. The quantitative estimate of drug-likeness (QED) is 0.833. The molecule has 0 N–H and O–H groups in total. The Morgan fingerprint density at radius 3 is 2.33 bits per heavy atom. The Morgan fingerprint density at radius 1 is 1.22 bits per heavy atom. The third-order valence-corrected chi connectivity index (χ3v) is 3.32. The maximum Gasteiger partial charge on any atom is 0.119 e. The summed E-state index contributed by atoms with van der Waals surface area (Å²) >= 11 is 5.83. The third kappa shape index (κ3) is 3.40. The van der Waals surface area contributed by atoms with Crippen LogP contribution in [0.1, 0.15) is 0 Å². The van der Waals surface area contributed by atoms with Gasteiger partial charge >= 0.3 is 0 Å². The van der Waals surface area contributed by atoms with Crippen molar-refractivity contribution in [2.75, 3.05) is 44.7 Å².